The average molecular weight is 1350 g/mol. The summed E-state index contributed by atoms with van der Waals surface area (Å²) in [7, 11) is 0. The van der Waals surface area contributed by atoms with Crippen LogP contribution in [0.5, 0.6) is 0 Å². The highest BCUT2D eigenvalue weighted by Crippen LogP contribution is 2.34. The summed E-state index contributed by atoms with van der Waals surface area (Å²) in [5, 5.41) is 16.7. The van der Waals surface area contributed by atoms with E-state index in [0.29, 0.717) is 43.6 Å². The Hall–Kier alpha value is -8.25. The van der Waals surface area contributed by atoms with Crippen molar-refractivity contribution in [3.8, 4) is 35.5 Å². The van der Waals surface area contributed by atoms with E-state index in [0.717, 1.165) is 87.1 Å². The second-order valence-electron chi connectivity index (χ2n) is 26.3. The molecule has 0 spiro atoms. The van der Waals surface area contributed by atoms with E-state index >= 15 is 0 Å². The molecule has 8 amide bonds. The molecule has 0 saturated carbocycles. The third-order valence-electron chi connectivity index (χ3n) is 17.8. The fourth-order valence-corrected chi connectivity index (χ4v) is 13.2. The molecule has 6 aliphatic rings. The van der Waals surface area contributed by atoms with Crippen molar-refractivity contribution in [1.82, 2.24) is 30.7 Å². The zero-order chi connectivity index (χ0) is 70.4. The lowest BCUT2D eigenvalue weighted by atomic mass is 9.78. The van der Waals surface area contributed by atoms with Gasteiger partial charge in [-0.05, 0) is 164 Å². The van der Waals surface area contributed by atoms with Gasteiger partial charge in [-0.25, -0.2) is 4.79 Å². The smallest absolute Gasteiger partial charge is 0.471 e. The quantitative estimate of drug-likeness (QED) is 0.0374. The molecule has 9 rings (SSSR count). The topological polar surface area (TPSA) is 220 Å². The summed E-state index contributed by atoms with van der Waals surface area (Å²) in [6.45, 7) is 12.7. The normalized spacial score (nSPS) is 21.7. The minimum atomic E-state index is -4.92. The van der Waals surface area contributed by atoms with Gasteiger partial charge in [-0.2, -0.15) is 13.2 Å². The number of carboxylic acid groups (broad SMARTS) is 1. The molecule has 20 heteroatoms. The molecular formula is C77H95F3N6O10S. The number of imide groups is 3. The molecule has 0 bridgehead atoms. The van der Waals surface area contributed by atoms with Gasteiger partial charge in [0, 0.05) is 111 Å². The van der Waals surface area contributed by atoms with Crippen LogP contribution in [0.1, 0.15) is 206 Å². The standard InChI is InChI=1S/C27H38N2O2S.C24H28N2O3.C17H20O2.C9H9F3N2O3/c1-4-32-24-19-25(30)29(26(24)31)18-10-17-28-21(2)23-13-11-22(12-14-23)20-27(3)15-8-6-5-7-9-16-27;1-24(14-5-3-2-4-6-15-24)18-19-8-10-20(11-9-19)23(29)25-16-7-17-26-21(27)12-13-22(26)28;1-17(11-5-3-2-4-6-12-17)13-14-7-9-15(10-8-14)16(18)19;10-9(11,12)8(17)13-4-1-5-14-6(15)2-3-7(14)16/h11-14,21,24,28H,4-8,10,15,17-20H2,1-3H3;8-13H,2-5,7,14,16-18H2,1H3,(H,25,29);7-10H,2-5,11,13H2,1H3,(H,18,19);2-3H,1,4-5H2,(H,13,17). The lowest BCUT2D eigenvalue weighted by molar-refractivity contribution is -0.173. The Labute approximate surface area is 574 Å². The third-order valence-corrected chi connectivity index (χ3v) is 18.9. The molecule has 520 valence electrons. The van der Waals surface area contributed by atoms with Crippen molar-refractivity contribution in [2.75, 3.05) is 45.0 Å². The Morgan fingerprint density at radius 1 is 0.557 bits per heavy atom. The van der Waals surface area contributed by atoms with Crippen LogP contribution in [-0.2, 0) is 52.8 Å². The van der Waals surface area contributed by atoms with Crippen LogP contribution in [-0.4, -0.2) is 129 Å². The number of aromatic carboxylic acids is 1. The van der Waals surface area contributed by atoms with Crippen molar-refractivity contribution in [2.45, 2.75) is 193 Å². The predicted molar refractivity (Wildman–Crippen MR) is 371 cm³/mol. The zero-order valence-corrected chi connectivity index (χ0v) is 57.7. The molecule has 4 N–H and O–H groups in total. The number of nitrogens with zero attached hydrogens (tertiary/aromatic N) is 3. The largest absolute Gasteiger partial charge is 0.478 e. The summed E-state index contributed by atoms with van der Waals surface area (Å²) in [6.07, 6.45) is 22.0. The lowest BCUT2D eigenvalue weighted by Gasteiger charge is -2.25. The van der Waals surface area contributed by atoms with Crippen molar-refractivity contribution in [3.63, 3.8) is 0 Å². The fourth-order valence-electron chi connectivity index (χ4n) is 12.2. The number of halogens is 3. The third kappa shape index (κ3) is 26.3. The van der Waals surface area contributed by atoms with E-state index in [1.807, 2.05) is 43.3 Å². The van der Waals surface area contributed by atoms with E-state index in [2.05, 4.69) is 98.1 Å². The second-order valence-corrected chi connectivity index (χ2v) is 27.8. The minimum Gasteiger partial charge on any atom is -0.478 e. The van der Waals surface area contributed by atoms with Crippen LogP contribution < -0.4 is 16.0 Å². The maximum Gasteiger partial charge on any atom is 0.471 e. The minimum absolute atomic E-state index is 0.00347. The molecule has 0 radical (unpaired) electrons. The fraction of sp³-hybridized carbons (Fsp3) is 0.519. The molecule has 3 aliphatic heterocycles. The number of hydrogen-bond donors (Lipinski definition) is 4. The lowest BCUT2D eigenvalue weighted by Crippen LogP contribution is -2.39. The van der Waals surface area contributed by atoms with Gasteiger partial charge in [-0.15, -0.1) is 29.5 Å². The second kappa shape index (κ2) is 38.6. The molecule has 3 aromatic carbocycles. The maximum atomic E-state index is 12.3. The SMILES string of the molecule is CC1(Cc2ccc(C(=O)NCCCN3C(=O)C=CC3=O)cc2)C#CCCCCC1.CC1(Cc2ccc(C(=O)O)cc2)C#CCCCCC1.CCSC1CC(=O)N(CCCNC(C)c2ccc(CC3(C)C#CCCCCC3)cc2)C1=O.O=C1C=CC(=O)N1CCCNC(=O)C(F)(F)F. The molecule has 16 nitrogen and oxygen atoms in total. The van der Waals surface area contributed by atoms with Gasteiger partial charge in [-0.1, -0.05) is 112 Å². The summed E-state index contributed by atoms with van der Waals surface area (Å²) in [5.41, 5.74) is 6.05. The van der Waals surface area contributed by atoms with Crippen LogP contribution in [0.3, 0.4) is 0 Å². The van der Waals surface area contributed by atoms with E-state index < -0.39 is 29.9 Å². The highest BCUT2D eigenvalue weighted by molar-refractivity contribution is 8.00. The van der Waals surface area contributed by atoms with Gasteiger partial charge in [0.15, 0.2) is 0 Å². The Morgan fingerprint density at radius 2 is 0.948 bits per heavy atom. The summed E-state index contributed by atoms with van der Waals surface area (Å²) < 4.78 is 35.3. The number of carboxylic acids is 1. The Kier molecular flexibility index (Phi) is 31.0. The Balaban J connectivity index is 0.000000211. The van der Waals surface area contributed by atoms with Crippen LogP contribution >= 0.6 is 11.8 Å². The molecule has 1 fully saturated rings. The predicted octanol–water partition coefficient (Wildman–Crippen LogP) is 12.3. The summed E-state index contributed by atoms with van der Waals surface area (Å²) in [6, 6.07) is 24.0. The first-order valence-corrected chi connectivity index (χ1v) is 35.2. The van der Waals surface area contributed by atoms with Gasteiger partial charge in [0.1, 0.15) is 0 Å². The number of alkyl halides is 3. The molecule has 3 aromatic rings. The van der Waals surface area contributed by atoms with Crippen LogP contribution in [0.2, 0.25) is 0 Å². The van der Waals surface area contributed by atoms with Gasteiger partial charge >= 0.3 is 18.1 Å². The highest BCUT2D eigenvalue weighted by Gasteiger charge is 2.39. The summed E-state index contributed by atoms with van der Waals surface area (Å²) in [4.78, 5) is 107. The van der Waals surface area contributed by atoms with Gasteiger partial charge in [-0.3, -0.25) is 53.1 Å². The Morgan fingerprint density at radius 3 is 1.36 bits per heavy atom. The number of amides is 8. The van der Waals surface area contributed by atoms with Crippen LogP contribution in [0.25, 0.3) is 0 Å². The molecule has 0 aromatic heterocycles. The number of thioether (sulfide) groups is 1. The van der Waals surface area contributed by atoms with E-state index in [-0.39, 0.29) is 76.6 Å². The first kappa shape index (κ1) is 77.8. The molecule has 3 aliphatic carbocycles. The molecule has 3 heterocycles. The van der Waals surface area contributed by atoms with E-state index in [4.69, 9.17) is 5.11 Å². The highest BCUT2D eigenvalue weighted by atomic mass is 32.2. The van der Waals surface area contributed by atoms with Gasteiger partial charge in [0.05, 0.1) is 10.8 Å². The number of likely N-dealkylation sites (tertiary alicyclic amines) is 1. The molecule has 97 heavy (non-hydrogen) atoms. The molecule has 1 saturated heterocycles. The van der Waals surface area contributed by atoms with E-state index in [9.17, 15) is 56.3 Å². The number of benzene rings is 3. The van der Waals surface area contributed by atoms with Gasteiger partial charge in [0.25, 0.3) is 29.5 Å². The molecular weight excluding hydrogens is 1260 g/mol. The first-order chi connectivity index (χ1) is 46.3. The van der Waals surface area contributed by atoms with Crippen molar-refractivity contribution in [2.24, 2.45) is 16.2 Å². The number of carbonyl (C=O) groups is 9. The number of hydrogen-bond acceptors (Lipinski definition) is 11. The molecule has 5 unspecified atom stereocenters. The van der Waals surface area contributed by atoms with Crippen LogP contribution in [0, 0.1) is 51.8 Å². The number of carbonyl (C=O) groups excluding carboxylic acids is 8. The monoisotopic (exact) mass is 1350 g/mol. The average Bonchev–Trinajstić information content (AvgIpc) is 1.36. The van der Waals surface area contributed by atoms with E-state index in [1.165, 1.54) is 108 Å². The maximum absolute atomic E-state index is 12.3. The van der Waals surface area contributed by atoms with Crippen molar-refractivity contribution in [1.29, 1.82) is 0 Å². The van der Waals surface area contributed by atoms with Gasteiger partial charge in [0.2, 0.25) is 11.8 Å². The summed E-state index contributed by atoms with van der Waals surface area (Å²) in [5.74, 6) is 16.6. The van der Waals surface area contributed by atoms with Crippen LogP contribution in [0.15, 0.2) is 97.1 Å². The van der Waals surface area contributed by atoms with Crippen molar-refractivity contribution >= 4 is 65.0 Å². The Bertz CT molecular complexity index is 3450. The summed E-state index contributed by atoms with van der Waals surface area (Å²) >= 11 is 1.57. The first-order valence-electron chi connectivity index (χ1n) is 34.2. The van der Waals surface area contributed by atoms with Crippen LogP contribution in [0.4, 0.5) is 13.2 Å². The van der Waals surface area contributed by atoms with Gasteiger partial charge < -0.3 is 21.1 Å². The molecule has 5 atom stereocenters. The zero-order valence-electron chi connectivity index (χ0n) is 56.9. The number of rotatable bonds is 24. The van der Waals surface area contributed by atoms with Crippen molar-refractivity contribution < 1.29 is 61.4 Å². The van der Waals surface area contributed by atoms with E-state index in [1.54, 1.807) is 29.2 Å². The van der Waals surface area contributed by atoms with Crippen molar-refractivity contribution in [3.05, 3.63) is 130 Å². The number of nitrogens with one attached hydrogen (secondary N) is 3.